The number of hydrogen-bond acceptors (Lipinski definition) is 4. The SMILES string of the molecule is CCC(CC)CC(O)C(N)Oc1ccccc1C#N. The molecule has 1 aromatic rings. The molecule has 19 heavy (non-hydrogen) atoms. The van der Waals surface area contributed by atoms with Gasteiger partial charge >= 0.3 is 0 Å². The van der Waals surface area contributed by atoms with Gasteiger partial charge in [0.1, 0.15) is 17.9 Å². The number of aliphatic hydroxyl groups is 1. The third kappa shape index (κ3) is 4.55. The quantitative estimate of drug-likeness (QED) is 0.739. The van der Waals surface area contributed by atoms with Gasteiger partial charge < -0.3 is 9.84 Å². The third-order valence-corrected chi connectivity index (χ3v) is 3.38. The lowest BCUT2D eigenvalue weighted by Gasteiger charge is -2.23. The summed E-state index contributed by atoms with van der Waals surface area (Å²) in [6.07, 6.45) is 1.10. The third-order valence-electron chi connectivity index (χ3n) is 3.38. The minimum Gasteiger partial charge on any atom is -0.471 e. The van der Waals surface area contributed by atoms with E-state index in [1.807, 2.05) is 6.07 Å². The first-order chi connectivity index (χ1) is 9.12. The van der Waals surface area contributed by atoms with E-state index in [0.29, 0.717) is 23.7 Å². The topological polar surface area (TPSA) is 79.3 Å². The molecule has 0 spiro atoms. The number of benzene rings is 1. The Balaban J connectivity index is 2.63. The number of nitriles is 1. The van der Waals surface area contributed by atoms with Crippen molar-refractivity contribution in [3.63, 3.8) is 0 Å². The Hall–Kier alpha value is -1.57. The number of para-hydroxylation sites is 1. The Morgan fingerprint density at radius 2 is 1.95 bits per heavy atom. The molecule has 0 bridgehead atoms. The summed E-state index contributed by atoms with van der Waals surface area (Å²) in [6, 6.07) is 8.92. The predicted octanol–water partition coefficient (Wildman–Crippen LogP) is 2.41. The van der Waals surface area contributed by atoms with Gasteiger partial charge in [-0.05, 0) is 24.5 Å². The average molecular weight is 262 g/mol. The van der Waals surface area contributed by atoms with Gasteiger partial charge in [0.2, 0.25) is 0 Å². The number of aliphatic hydroxyl groups excluding tert-OH is 1. The van der Waals surface area contributed by atoms with Crippen molar-refractivity contribution in [2.45, 2.75) is 45.4 Å². The van der Waals surface area contributed by atoms with Crippen LogP contribution in [0.5, 0.6) is 5.75 Å². The highest BCUT2D eigenvalue weighted by atomic mass is 16.5. The summed E-state index contributed by atoms with van der Waals surface area (Å²) in [5.74, 6) is 0.858. The molecule has 0 aromatic heterocycles. The second-order valence-corrected chi connectivity index (χ2v) is 4.68. The molecule has 0 fully saturated rings. The van der Waals surface area contributed by atoms with Gasteiger partial charge in [0.05, 0.1) is 5.56 Å². The zero-order chi connectivity index (χ0) is 14.3. The van der Waals surface area contributed by atoms with E-state index in [0.717, 1.165) is 12.8 Å². The van der Waals surface area contributed by atoms with Crippen LogP contribution in [-0.2, 0) is 0 Å². The molecule has 0 radical (unpaired) electrons. The van der Waals surface area contributed by atoms with E-state index in [-0.39, 0.29) is 0 Å². The molecule has 0 aliphatic carbocycles. The molecule has 4 heteroatoms. The van der Waals surface area contributed by atoms with Crippen LogP contribution in [0.1, 0.15) is 38.7 Å². The Labute approximate surface area is 114 Å². The lowest BCUT2D eigenvalue weighted by Crippen LogP contribution is -2.41. The molecule has 0 heterocycles. The largest absolute Gasteiger partial charge is 0.471 e. The maximum absolute atomic E-state index is 10.0. The molecular formula is C15H22N2O2. The van der Waals surface area contributed by atoms with Gasteiger partial charge in [-0.15, -0.1) is 0 Å². The Morgan fingerprint density at radius 3 is 2.53 bits per heavy atom. The highest BCUT2D eigenvalue weighted by Crippen LogP contribution is 2.21. The highest BCUT2D eigenvalue weighted by Gasteiger charge is 2.20. The van der Waals surface area contributed by atoms with Crippen LogP contribution in [0.3, 0.4) is 0 Å². The van der Waals surface area contributed by atoms with Crippen LogP contribution >= 0.6 is 0 Å². The average Bonchev–Trinajstić information content (AvgIpc) is 2.44. The summed E-state index contributed by atoms with van der Waals surface area (Å²) < 4.78 is 5.49. The summed E-state index contributed by atoms with van der Waals surface area (Å²) in [5.41, 5.74) is 6.27. The van der Waals surface area contributed by atoms with Crippen molar-refractivity contribution in [1.82, 2.24) is 0 Å². The van der Waals surface area contributed by atoms with Crippen LogP contribution in [0, 0.1) is 17.2 Å². The number of nitrogens with two attached hydrogens (primary N) is 1. The van der Waals surface area contributed by atoms with E-state index >= 15 is 0 Å². The zero-order valence-electron chi connectivity index (χ0n) is 11.5. The molecule has 0 saturated heterocycles. The van der Waals surface area contributed by atoms with Crippen molar-refractivity contribution in [2.24, 2.45) is 11.7 Å². The number of rotatable bonds is 7. The van der Waals surface area contributed by atoms with Gasteiger partial charge in [0.25, 0.3) is 0 Å². The van der Waals surface area contributed by atoms with E-state index in [4.69, 9.17) is 15.7 Å². The molecular weight excluding hydrogens is 240 g/mol. The second kappa shape index (κ2) is 7.78. The van der Waals surface area contributed by atoms with E-state index in [9.17, 15) is 5.11 Å². The molecule has 2 atom stereocenters. The molecule has 2 unspecified atom stereocenters. The number of ether oxygens (including phenoxy) is 1. The minimum absolute atomic E-state index is 0.418. The highest BCUT2D eigenvalue weighted by molar-refractivity contribution is 5.42. The molecule has 0 amide bonds. The van der Waals surface area contributed by atoms with Crippen molar-refractivity contribution in [2.75, 3.05) is 0 Å². The lowest BCUT2D eigenvalue weighted by molar-refractivity contribution is 0.0228. The van der Waals surface area contributed by atoms with Gasteiger partial charge in [-0.1, -0.05) is 38.8 Å². The monoisotopic (exact) mass is 262 g/mol. The van der Waals surface area contributed by atoms with Crippen molar-refractivity contribution in [3.8, 4) is 11.8 Å². The van der Waals surface area contributed by atoms with Crippen LogP contribution in [0.25, 0.3) is 0 Å². The van der Waals surface area contributed by atoms with E-state index in [1.165, 1.54) is 0 Å². The van der Waals surface area contributed by atoms with Crippen LogP contribution in [0.15, 0.2) is 24.3 Å². The Bertz CT molecular complexity index is 424. The summed E-state index contributed by atoms with van der Waals surface area (Å²) in [6.45, 7) is 4.19. The van der Waals surface area contributed by atoms with E-state index in [1.54, 1.807) is 24.3 Å². The Kier molecular flexibility index (Phi) is 6.34. The van der Waals surface area contributed by atoms with Gasteiger partial charge in [0, 0.05) is 0 Å². The first kappa shape index (κ1) is 15.5. The normalized spacial score (nSPS) is 13.9. The lowest BCUT2D eigenvalue weighted by atomic mass is 9.95. The van der Waals surface area contributed by atoms with E-state index in [2.05, 4.69) is 13.8 Å². The zero-order valence-corrected chi connectivity index (χ0v) is 11.5. The second-order valence-electron chi connectivity index (χ2n) is 4.68. The van der Waals surface area contributed by atoms with Crippen LogP contribution in [-0.4, -0.2) is 17.4 Å². The molecule has 0 aliphatic heterocycles. The van der Waals surface area contributed by atoms with Gasteiger partial charge in [-0.2, -0.15) is 5.26 Å². The fourth-order valence-corrected chi connectivity index (χ4v) is 1.98. The first-order valence-corrected chi connectivity index (χ1v) is 6.71. The molecule has 104 valence electrons. The fraction of sp³-hybridized carbons (Fsp3) is 0.533. The molecule has 0 saturated carbocycles. The van der Waals surface area contributed by atoms with Crippen molar-refractivity contribution in [1.29, 1.82) is 5.26 Å². The van der Waals surface area contributed by atoms with Crippen molar-refractivity contribution in [3.05, 3.63) is 29.8 Å². The van der Waals surface area contributed by atoms with Crippen LogP contribution in [0.2, 0.25) is 0 Å². The number of hydrogen-bond donors (Lipinski definition) is 2. The Morgan fingerprint density at radius 1 is 1.32 bits per heavy atom. The van der Waals surface area contributed by atoms with Gasteiger partial charge in [-0.25, -0.2) is 0 Å². The van der Waals surface area contributed by atoms with Crippen molar-refractivity contribution >= 4 is 0 Å². The van der Waals surface area contributed by atoms with Crippen molar-refractivity contribution < 1.29 is 9.84 Å². The van der Waals surface area contributed by atoms with Gasteiger partial charge in [-0.3, -0.25) is 5.73 Å². The first-order valence-electron chi connectivity index (χ1n) is 6.71. The molecule has 3 N–H and O–H groups in total. The molecule has 1 aromatic carbocycles. The standard InChI is InChI=1S/C15H22N2O2/c1-3-11(4-2)9-13(18)15(17)19-14-8-6-5-7-12(14)10-16/h5-8,11,13,15,18H,3-4,9,17H2,1-2H3. The van der Waals surface area contributed by atoms with Crippen LogP contribution in [0.4, 0.5) is 0 Å². The maximum atomic E-state index is 10.0. The fourth-order valence-electron chi connectivity index (χ4n) is 1.98. The summed E-state index contributed by atoms with van der Waals surface area (Å²) in [7, 11) is 0. The maximum Gasteiger partial charge on any atom is 0.173 e. The van der Waals surface area contributed by atoms with Crippen LogP contribution < -0.4 is 10.5 Å². The molecule has 4 nitrogen and oxygen atoms in total. The summed E-state index contributed by atoms with van der Waals surface area (Å²) >= 11 is 0. The summed E-state index contributed by atoms with van der Waals surface area (Å²) in [5, 5.41) is 19.0. The summed E-state index contributed by atoms with van der Waals surface area (Å²) in [4.78, 5) is 0. The van der Waals surface area contributed by atoms with E-state index < -0.39 is 12.3 Å². The minimum atomic E-state index is -0.810. The molecule has 1 rings (SSSR count). The predicted molar refractivity (Wildman–Crippen MR) is 74.5 cm³/mol. The number of nitrogens with zero attached hydrogens (tertiary/aromatic N) is 1. The molecule has 0 aliphatic rings. The smallest absolute Gasteiger partial charge is 0.173 e. The van der Waals surface area contributed by atoms with Gasteiger partial charge in [0.15, 0.2) is 6.23 Å².